The molecule has 2 aliphatic heterocycles. The Morgan fingerprint density at radius 1 is 1.00 bits per heavy atom. The third-order valence-corrected chi connectivity index (χ3v) is 5.89. The monoisotopic (exact) mass is 383 g/mol. The van der Waals surface area contributed by atoms with Crippen LogP contribution < -0.4 is 4.90 Å². The highest BCUT2D eigenvalue weighted by atomic mass is 16.4. The molecule has 2 aromatic rings. The van der Waals surface area contributed by atoms with Crippen molar-refractivity contribution in [3.8, 4) is 0 Å². The lowest BCUT2D eigenvalue weighted by molar-refractivity contribution is -0.129. The number of piperazine rings is 1. The van der Waals surface area contributed by atoms with E-state index in [-0.39, 0.29) is 11.8 Å². The van der Waals surface area contributed by atoms with Crippen molar-refractivity contribution in [1.82, 2.24) is 19.8 Å². The van der Waals surface area contributed by atoms with Crippen LogP contribution >= 0.6 is 0 Å². The maximum Gasteiger partial charge on any atom is 0.407 e. The van der Waals surface area contributed by atoms with Gasteiger partial charge in [0.2, 0.25) is 5.91 Å². The van der Waals surface area contributed by atoms with E-state index >= 15 is 0 Å². The fourth-order valence-corrected chi connectivity index (χ4v) is 4.21. The van der Waals surface area contributed by atoms with Crippen LogP contribution in [0.3, 0.4) is 0 Å². The van der Waals surface area contributed by atoms with Crippen molar-refractivity contribution >= 4 is 28.6 Å². The first-order valence-electron chi connectivity index (χ1n) is 9.76. The summed E-state index contributed by atoms with van der Waals surface area (Å²) in [5.41, 5.74) is 3.04. The van der Waals surface area contributed by atoms with Crippen LogP contribution in [0.2, 0.25) is 0 Å². The van der Waals surface area contributed by atoms with E-state index < -0.39 is 6.09 Å². The van der Waals surface area contributed by atoms with Crippen molar-refractivity contribution in [2.45, 2.75) is 25.7 Å². The molecule has 1 aromatic carbocycles. The molecule has 1 aromatic heterocycles. The Morgan fingerprint density at radius 3 is 2.36 bits per heavy atom. The molecule has 28 heavy (non-hydrogen) atoms. The second-order valence-electron chi connectivity index (χ2n) is 7.50. The molecule has 8 nitrogen and oxygen atoms in total. The highest BCUT2D eigenvalue weighted by Crippen LogP contribution is 2.32. The average Bonchev–Trinajstić information content (AvgIpc) is 2.73. The van der Waals surface area contributed by atoms with E-state index in [9.17, 15) is 9.59 Å². The fraction of sp³-hybridized carbons (Fsp3) is 0.500. The smallest absolute Gasteiger partial charge is 0.407 e. The normalized spacial score (nSPS) is 18.5. The highest BCUT2D eigenvalue weighted by Gasteiger charge is 2.26. The van der Waals surface area contributed by atoms with Gasteiger partial charge in [-0.15, -0.1) is 0 Å². The van der Waals surface area contributed by atoms with Gasteiger partial charge in [0.1, 0.15) is 6.33 Å². The second-order valence-corrected chi connectivity index (χ2v) is 7.50. The third kappa shape index (κ3) is 3.58. The van der Waals surface area contributed by atoms with Crippen LogP contribution in [0, 0.1) is 0 Å². The number of anilines is 1. The highest BCUT2D eigenvalue weighted by molar-refractivity contribution is 5.85. The van der Waals surface area contributed by atoms with Gasteiger partial charge in [-0.3, -0.25) is 4.79 Å². The molecule has 0 radical (unpaired) electrons. The zero-order valence-corrected chi connectivity index (χ0v) is 16.0. The van der Waals surface area contributed by atoms with Crippen molar-refractivity contribution in [3.05, 3.63) is 30.2 Å². The molecule has 0 saturated carbocycles. The minimum Gasteiger partial charge on any atom is -0.465 e. The zero-order valence-electron chi connectivity index (χ0n) is 16.0. The van der Waals surface area contributed by atoms with Gasteiger partial charge in [-0.05, 0) is 31.0 Å². The van der Waals surface area contributed by atoms with Gasteiger partial charge in [0.05, 0.1) is 11.2 Å². The summed E-state index contributed by atoms with van der Waals surface area (Å²) >= 11 is 0. The van der Waals surface area contributed by atoms with Crippen LogP contribution in [0.1, 0.15) is 31.4 Å². The lowest BCUT2D eigenvalue weighted by Gasteiger charge is -2.35. The Balaban J connectivity index is 1.52. The van der Waals surface area contributed by atoms with Gasteiger partial charge in [-0.25, -0.2) is 14.8 Å². The van der Waals surface area contributed by atoms with Gasteiger partial charge in [-0.1, -0.05) is 0 Å². The van der Waals surface area contributed by atoms with E-state index in [1.165, 1.54) is 4.90 Å². The summed E-state index contributed by atoms with van der Waals surface area (Å²) in [6.07, 6.45) is 2.33. The lowest BCUT2D eigenvalue weighted by Crippen LogP contribution is -2.48. The molecule has 0 aliphatic carbocycles. The Morgan fingerprint density at radius 2 is 1.71 bits per heavy atom. The van der Waals surface area contributed by atoms with Gasteiger partial charge in [0.15, 0.2) is 0 Å². The summed E-state index contributed by atoms with van der Waals surface area (Å²) < 4.78 is 0. The van der Waals surface area contributed by atoms with Crippen molar-refractivity contribution in [3.63, 3.8) is 0 Å². The van der Waals surface area contributed by atoms with Crippen LogP contribution in [0.4, 0.5) is 10.5 Å². The van der Waals surface area contributed by atoms with Crippen molar-refractivity contribution in [2.75, 3.05) is 44.2 Å². The molecule has 0 bridgehead atoms. The summed E-state index contributed by atoms with van der Waals surface area (Å²) in [4.78, 5) is 37.3. The number of carbonyl (C=O) groups excluding carboxylic acids is 1. The van der Waals surface area contributed by atoms with Crippen LogP contribution in [-0.4, -0.2) is 76.1 Å². The molecule has 1 N–H and O–H groups in total. The molecular formula is C20H25N5O3. The molecule has 2 aliphatic rings. The minimum atomic E-state index is -0.847. The van der Waals surface area contributed by atoms with Gasteiger partial charge in [0, 0.05) is 63.2 Å². The van der Waals surface area contributed by atoms with Gasteiger partial charge in [0.25, 0.3) is 0 Å². The standard InChI is InChI=1S/C20H25N5O3/c1-14(26)23-8-10-24(11-9-23)16-2-3-17-18(12-16)21-13-22-19(17)15-4-6-25(7-5-15)20(27)28/h2-3,12-13,15H,4-11H2,1H3,(H,27,28). The summed E-state index contributed by atoms with van der Waals surface area (Å²) in [5, 5.41) is 10.2. The zero-order chi connectivity index (χ0) is 19.7. The predicted molar refractivity (Wildman–Crippen MR) is 106 cm³/mol. The van der Waals surface area contributed by atoms with Gasteiger partial charge in [-0.2, -0.15) is 0 Å². The molecule has 0 spiro atoms. The number of aromatic nitrogens is 2. The van der Waals surface area contributed by atoms with E-state index in [4.69, 9.17) is 5.11 Å². The Bertz CT molecular complexity index is 887. The van der Waals surface area contributed by atoms with E-state index in [1.54, 1.807) is 13.3 Å². The third-order valence-electron chi connectivity index (χ3n) is 5.89. The van der Waals surface area contributed by atoms with Crippen LogP contribution in [0.25, 0.3) is 10.9 Å². The Labute approximate surface area is 163 Å². The number of amides is 2. The molecule has 0 atom stereocenters. The van der Waals surface area contributed by atoms with E-state index in [0.29, 0.717) is 13.1 Å². The van der Waals surface area contributed by atoms with E-state index in [2.05, 4.69) is 33.1 Å². The maximum absolute atomic E-state index is 11.5. The quantitative estimate of drug-likeness (QED) is 0.855. The number of rotatable bonds is 2. The van der Waals surface area contributed by atoms with Gasteiger partial charge >= 0.3 is 6.09 Å². The van der Waals surface area contributed by atoms with E-state index in [1.807, 2.05) is 4.90 Å². The number of carboxylic acid groups (broad SMARTS) is 1. The molecule has 0 unspecified atom stereocenters. The van der Waals surface area contributed by atoms with Crippen LogP contribution in [0.5, 0.6) is 0 Å². The first kappa shape index (κ1) is 18.5. The summed E-state index contributed by atoms with van der Waals surface area (Å²) in [5.74, 6) is 0.385. The number of nitrogens with zero attached hydrogens (tertiary/aromatic N) is 5. The number of carbonyl (C=O) groups is 2. The molecule has 8 heteroatoms. The molecule has 148 valence electrons. The average molecular weight is 383 g/mol. The molecule has 3 heterocycles. The first-order valence-corrected chi connectivity index (χ1v) is 9.76. The molecule has 2 saturated heterocycles. The number of piperidine rings is 1. The van der Waals surface area contributed by atoms with Crippen molar-refractivity contribution < 1.29 is 14.7 Å². The number of hydrogen-bond donors (Lipinski definition) is 1. The topological polar surface area (TPSA) is 89.9 Å². The summed E-state index contributed by atoms with van der Waals surface area (Å²) in [7, 11) is 0. The summed E-state index contributed by atoms with van der Waals surface area (Å²) in [6, 6.07) is 6.28. The second kappa shape index (κ2) is 7.61. The first-order chi connectivity index (χ1) is 13.5. The Hall–Kier alpha value is -2.90. The Kier molecular flexibility index (Phi) is 5.02. The minimum absolute atomic E-state index is 0.129. The van der Waals surface area contributed by atoms with Crippen molar-refractivity contribution in [1.29, 1.82) is 0 Å². The van der Waals surface area contributed by atoms with Crippen LogP contribution in [0.15, 0.2) is 24.5 Å². The molecule has 2 amide bonds. The number of benzene rings is 1. The SMILES string of the molecule is CC(=O)N1CCN(c2ccc3c(C4CCN(C(=O)O)CC4)ncnc3c2)CC1. The van der Waals surface area contributed by atoms with Crippen molar-refractivity contribution in [2.24, 2.45) is 0 Å². The lowest BCUT2D eigenvalue weighted by atomic mass is 9.91. The summed E-state index contributed by atoms with van der Waals surface area (Å²) in [6.45, 7) is 5.82. The molecule has 2 fully saturated rings. The number of hydrogen-bond acceptors (Lipinski definition) is 5. The van der Waals surface area contributed by atoms with Gasteiger partial charge < -0.3 is 19.8 Å². The van der Waals surface area contributed by atoms with E-state index in [0.717, 1.165) is 61.3 Å². The molecular weight excluding hydrogens is 358 g/mol. The van der Waals surface area contributed by atoms with Crippen LogP contribution in [-0.2, 0) is 4.79 Å². The largest absolute Gasteiger partial charge is 0.465 e. The fourth-order valence-electron chi connectivity index (χ4n) is 4.21. The maximum atomic E-state index is 11.5. The predicted octanol–water partition coefficient (Wildman–Crippen LogP) is 2.16. The molecule has 4 rings (SSSR count). The number of fused-ring (bicyclic) bond motifs is 1. The number of likely N-dealkylation sites (tertiary alicyclic amines) is 1.